The van der Waals surface area contributed by atoms with Gasteiger partial charge < -0.3 is 4.57 Å². The van der Waals surface area contributed by atoms with E-state index in [4.69, 9.17) is 0 Å². The van der Waals surface area contributed by atoms with Gasteiger partial charge in [-0.3, -0.25) is 4.90 Å². The molecule has 1 aliphatic heterocycles. The summed E-state index contributed by atoms with van der Waals surface area (Å²) in [6, 6.07) is 0. The summed E-state index contributed by atoms with van der Waals surface area (Å²) in [6.07, 6.45) is 2.03. The van der Waals surface area contributed by atoms with Gasteiger partial charge in [0.25, 0.3) is 0 Å². The second-order valence-corrected chi connectivity index (χ2v) is 7.22. The normalized spacial score (nSPS) is 18.9. The fraction of sp³-hybridized carbons (Fsp3) is 0.750. The summed E-state index contributed by atoms with van der Waals surface area (Å²) in [5.41, 5.74) is 1.05. The highest BCUT2D eigenvalue weighted by Gasteiger charge is 2.25. The number of rotatable bonds is 4. The molecular formula is C12H22N4O2S. The quantitative estimate of drug-likeness (QED) is 0.793. The van der Waals surface area contributed by atoms with Gasteiger partial charge in [0.05, 0.1) is 11.4 Å². The first kappa shape index (κ1) is 14.5. The van der Waals surface area contributed by atoms with Crippen LogP contribution in [0.1, 0.15) is 18.4 Å². The van der Waals surface area contributed by atoms with Crippen LogP contribution in [0.5, 0.6) is 0 Å². The Morgan fingerprint density at radius 2 is 1.89 bits per heavy atom. The first-order valence-electron chi connectivity index (χ1n) is 6.61. The van der Waals surface area contributed by atoms with Gasteiger partial charge in [-0.2, -0.15) is 4.31 Å². The summed E-state index contributed by atoms with van der Waals surface area (Å²) in [4.78, 5) is 6.73. The van der Waals surface area contributed by atoms with Crippen LogP contribution in [0.4, 0.5) is 0 Å². The molecule has 0 aromatic carbocycles. The molecule has 0 N–H and O–H groups in total. The van der Waals surface area contributed by atoms with E-state index in [1.54, 1.807) is 11.2 Å². The highest BCUT2D eigenvalue weighted by Crippen LogP contribution is 2.11. The minimum Gasteiger partial charge on any atom is -0.338 e. The van der Waals surface area contributed by atoms with Crippen LogP contribution in [-0.4, -0.2) is 59.1 Å². The van der Waals surface area contributed by atoms with Crippen LogP contribution in [0.3, 0.4) is 0 Å². The zero-order chi connectivity index (χ0) is 14.0. The van der Waals surface area contributed by atoms with Crippen molar-refractivity contribution in [2.24, 2.45) is 7.05 Å². The van der Waals surface area contributed by atoms with Gasteiger partial charge in [-0.15, -0.1) is 0 Å². The SMILES string of the molecule is CCS(=O)(=O)N1CCN(Cc2cn(C)c(C)n2)CC1. The first-order valence-corrected chi connectivity index (χ1v) is 8.22. The van der Waals surface area contributed by atoms with Gasteiger partial charge in [0.1, 0.15) is 5.82 Å². The summed E-state index contributed by atoms with van der Waals surface area (Å²) < 4.78 is 27.1. The average molecular weight is 286 g/mol. The molecule has 0 unspecified atom stereocenters. The van der Waals surface area contributed by atoms with Crippen LogP contribution in [-0.2, 0) is 23.6 Å². The van der Waals surface area contributed by atoms with E-state index in [0.29, 0.717) is 13.1 Å². The molecule has 108 valence electrons. The number of aromatic nitrogens is 2. The Morgan fingerprint density at radius 1 is 1.26 bits per heavy atom. The number of hydrogen-bond acceptors (Lipinski definition) is 4. The fourth-order valence-electron chi connectivity index (χ4n) is 2.29. The smallest absolute Gasteiger partial charge is 0.213 e. The Bertz CT molecular complexity index is 510. The molecule has 19 heavy (non-hydrogen) atoms. The first-order chi connectivity index (χ1) is 8.92. The summed E-state index contributed by atoms with van der Waals surface area (Å²) in [5.74, 6) is 1.19. The Kier molecular flexibility index (Phi) is 4.27. The lowest BCUT2D eigenvalue weighted by molar-refractivity contribution is 0.180. The van der Waals surface area contributed by atoms with E-state index < -0.39 is 10.0 Å². The van der Waals surface area contributed by atoms with Crippen molar-refractivity contribution in [1.82, 2.24) is 18.8 Å². The lowest BCUT2D eigenvalue weighted by atomic mass is 10.3. The van der Waals surface area contributed by atoms with Crippen molar-refractivity contribution in [2.75, 3.05) is 31.9 Å². The molecule has 0 spiro atoms. The number of hydrogen-bond donors (Lipinski definition) is 0. The predicted octanol–water partition coefficient (Wildman–Crippen LogP) is 0.196. The number of piperazine rings is 1. The van der Waals surface area contributed by atoms with Crippen LogP contribution in [0, 0.1) is 6.92 Å². The molecular weight excluding hydrogens is 264 g/mol. The van der Waals surface area contributed by atoms with Gasteiger partial charge in [0.2, 0.25) is 10.0 Å². The predicted molar refractivity (Wildman–Crippen MR) is 74.3 cm³/mol. The van der Waals surface area contributed by atoms with Crippen molar-refractivity contribution >= 4 is 10.0 Å². The van der Waals surface area contributed by atoms with Crippen molar-refractivity contribution < 1.29 is 8.42 Å². The largest absolute Gasteiger partial charge is 0.338 e. The topological polar surface area (TPSA) is 58.4 Å². The Hall–Kier alpha value is -0.920. The van der Waals surface area contributed by atoms with E-state index in [-0.39, 0.29) is 5.75 Å². The number of aryl methyl sites for hydroxylation is 2. The van der Waals surface area contributed by atoms with Gasteiger partial charge in [0, 0.05) is 46.0 Å². The lowest BCUT2D eigenvalue weighted by Crippen LogP contribution is -2.48. The van der Waals surface area contributed by atoms with Gasteiger partial charge in [-0.1, -0.05) is 0 Å². The van der Waals surface area contributed by atoms with E-state index in [1.807, 2.05) is 24.7 Å². The van der Waals surface area contributed by atoms with Gasteiger partial charge in [0.15, 0.2) is 0 Å². The van der Waals surface area contributed by atoms with Crippen LogP contribution in [0.2, 0.25) is 0 Å². The van der Waals surface area contributed by atoms with Crippen LogP contribution < -0.4 is 0 Å². The molecule has 0 bridgehead atoms. The maximum Gasteiger partial charge on any atom is 0.213 e. The van der Waals surface area contributed by atoms with E-state index in [9.17, 15) is 8.42 Å². The average Bonchev–Trinajstić information content (AvgIpc) is 2.69. The third kappa shape index (κ3) is 3.34. The molecule has 1 fully saturated rings. The minimum absolute atomic E-state index is 0.187. The van der Waals surface area contributed by atoms with E-state index >= 15 is 0 Å². The molecule has 0 radical (unpaired) electrons. The molecule has 1 aromatic heterocycles. The maximum atomic E-state index is 11.8. The second kappa shape index (κ2) is 5.60. The lowest BCUT2D eigenvalue weighted by Gasteiger charge is -2.33. The zero-order valence-corrected chi connectivity index (χ0v) is 12.7. The third-order valence-corrected chi connectivity index (χ3v) is 5.52. The molecule has 0 aliphatic carbocycles. The van der Waals surface area contributed by atoms with Crippen molar-refractivity contribution in [3.63, 3.8) is 0 Å². The Labute approximate surface area is 115 Å². The van der Waals surface area contributed by atoms with Gasteiger partial charge in [-0.05, 0) is 13.8 Å². The Morgan fingerprint density at radius 3 is 2.37 bits per heavy atom. The monoisotopic (exact) mass is 286 g/mol. The fourth-order valence-corrected chi connectivity index (χ4v) is 3.37. The number of imidazole rings is 1. The highest BCUT2D eigenvalue weighted by atomic mass is 32.2. The Balaban J connectivity index is 1.90. The van der Waals surface area contributed by atoms with Crippen LogP contribution in [0.25, 0.3) is 0 Å². The van der Waals surface area contributed by atoms with Gasteiger partial charge in [-0.25, -0.2) is 13.4 Å². The molecule has 1 aliphatic rings. The molecule has 0 amide bonds. The molecule has 0 saturated carbocycles. The molecule has 2 rings (SSSR count). The second-order valence-electron chi connectivity index (χ2n) is 4.97. The van der Waals surface area contributed by atoms with Crippen LogP contribution in [0.15, 0.2) is 6.20 Å². The van der Waals surface area contributed by atoms with Crippen molar-refractivity contribution in [3.8, 4) is 0 Å². The number of sulfonamides is 1. The molecule has 0 atom stereocenters. The third-order valence-electron chi connectivity index (χ3n) is 3.63. The van der Waals surface area contributed by atoms with Crippen LogP contribution >= 0.6 is 0 Å². The molecule has 7 heteroatoms. The number of nitrogens with zero attached hydrogens (tertiary/aromatic N) is 4. The van der Waals surface area contributed by atoms with E-state index in [1.165, 1.54) is 0 Å². The highest BCUT2D eigenvalue weighted by molar-refractivity contribution is 7.89. The van der Waals surface area contributed by atoms with Gasteiger partial charge >= 0.3 is 0 Å². The summed E-state index contributed by atoms with van der Waals surface area (Å²) >= 11 is 0. The van der Waals surface area contributed by atoms with Crippen molar-refractivity contribution in [3.05, 3.63) is 17.7 Å². The molecule has 6 nitrogen and oxygen atoms in total. The molecule has 1 aromatic rings. The molecule has 2 heterocycles. The minimum atomic E-state index is -3.03. The maximum absolute atomic E-state index is 11.8. The summed E-state index contributed by atoms with van der Waals surface area (Å²) in [5, 5.41) is 0. The van der Waals surface area contributed by atoms with E-state index in [0.717, 1.165) is 31.2 Å². The summed E-state index contributed by atoms with van der Waals surface area (Å²) in [7, 11) is -1.05. The van der Waals surface area contributed by atoms with Crippen molar-refractivity contribution in [1.29, 1.82) is 0 Å². The zero-order valence-electron chi connectivity index (χ0n) is 11.8. The molecule has 1 saturated heterocycles. The van der Waals surface area contributed by atoms with E-state index in [2.05, 4.69) is 9.88 Å². The van der Waals surface area contributed by atoms with Crippen molar-refractivity contribution in [2.45, 2.75) is 20.4 Å². The standard InChI is InChI=1S/C12H22N4O2S/c1-4-19(17,18)16-7-5-15(6-8-16)10-12-9-14(3)11(2)13-12/h9H,4-8,10H2,1-3H3. The summed E-state index contributed by atoms with van der Waals surface area (Å²) in [6.45, 7) is 7.18.